The van der Waals surface area contributed by atoms with Crippen LogP contribution in [0, 0.1) is 5.82 Å². The number of carbonyl (C=O) groups is 1. The van der Waals surface area contributed by atoms with E-state index in [1.54, 1.807) is 41.5 Å². The third-order valence-electron chi connectivity index (χ3n) is 5.53. The van der Waals surface area contributed by atoms with Gasteiger partial charge in [-0.15, -0.1) is 0 Å². The molecule has 0 saturated heterocycles. The topological polar surface area (TPSA) is 131 Å². The quantitative estimate of drug-likeness (QED) is 0.168. The van der Waals surface area contributed by atoms with Crippen LogP contribution in [0.1, 0.15) is 23.7 Å². The number of benzene rings is 2. The number of nitrogens with one attached hydrogen (secondary N) is 3. The summed E-state index contributed by atoms with van der Waals surface area (Å²) in [5, 5.41) is 7.64. The Morgan fingerprint density at radius 3 is 2.61 bits per heavy atom. The van der Waals surface area contributed by atoms with E-state index in [-0.39, 0.29) is 0 Å². The summed E-state index contributed by atoms with van der Waals surface area (Å²) >= 11 is -0.867. The van der Waals surface area contributed by atoms with Crippen LogP contribution in [0.4, 0.5) is 51.2 Å². The SMILES string of the molecule is C[S+]([O-])CCCNc1cc2c(o1)N=CN(c1ccc(NC(=O)Nc3cc(C(F)(F)F)ccc3F)cc1)C2N. The number of urea groups is 1. The molecule has 2 heterocycles. The van der Waals surface area contributed by atoms with E-state index in [2.05, 4.69) is 20.9 Å². The predicted molar refractivity (Wildman–Crippen MR) is 139 cm³/mol. The number of aliphatic imine (C=N–C) groups is 1. The highest BCUT2D eigenvalue weighted by molar-refractivity contribution is 7.90. The van der Waals surface area contributed by atoms with Crippen molar-refractivity contribution in [2.24, 2.45) is 10.7 Å². The summed E-state index contributed by atoms with van der Waals surface area (Å²) in [6.07, 6.45) is -1.43. The van der Waals surface area contributed by atoms with Gasteiger partial charge in [0, 0.05) is 30.4 Å². The van der Waals surface area contributed by atoms with Crippen LogP contribution in [-0.2, 0) is 17.4 Å². The van der Waals surface area contributed by atoms with Crippen molar-refractivity contribution >= 4 is 52.4 Å². The second-order valence-corrected chi connectivity index (χ2v) is 9.90. The molecule has 1 aliphatic rings. The van der Waals surface area contributed by atoms with Crippen LogP contribution in [0.5, 0.6) is 0 Å². The van der Waals surface area contributed by atoms with Gasteiger partial charge in [0.15, 0.2) is 5.88 Å². The Morgan fingerprint density at radius 2 is 1.92 bits per heavy atom. The Balaban J connectivity index is 1.37. The van der Waals surface area contributed by atoms with Gasteiger partial charge in [0.05, 0.1) is 23.1 Å². The number of nitrogens with two attached hydrogens (primary N) is 1. The van der Waals surface area contributed by atoms with E-state index in [1.807, 2.05) is 0 Å². The zero-order valence-electron chi connectivity index (χ0n) is 20.0. The first-order valence-corrected chi connectivity index (χ1v) is 13.0. The predicted octanol–water partition coefficient (Wildman–Crippen LogP) is 5.40. The molecule has 38 heavy (non-hydrogen) atoms. The van der Waals surface area contributed by atoms with Crippen LogP contribution < -0.4 is 26.6 Å². The molecule has 2 atom stereocenters. The average molecular weight is 553 g/mol. The molecule has 2 amide bonds. The number of fused-ring (bicyclic) bond motifs is 1. The van der Waals surface area contributed by atoms with Crippen molar-refractivity contribution < 1.29 is 31.3 Å². The average Bonchev–Trinajstić information content (AvgIpc) is 3.27. The molecule has 202 valence electrons. The number of anilines is 4. The zero-order valence-corrected chi connectivity index (χ0v) is 20.8. The third-order valence-corrected chi connectivity index (χ3v) is 6.39. The third kappa shape index (κ3) is 6.57. The van der Waals surface area contributed by atoms with Crippen molar-refractivity contribution in [1.82, 2.24) is 0 Å². The smallest absolute Gasteiger partial charge is 0.416 e. The number of rotatable bonds is 8. The molecule has 1 aliphatic heterocycles. The van der Waals surface area contributed by atoms with Crippen LogP contribution in [0.25, 0.3) is 0 Å². The number of alkyl halides is 3. The minimum atomic E-state index is -4.68. The second kappa shape index (κ2) is 11.3. The van der Waals surface area contributed by atoms with Crippen LogP contribution in [-0.4, -0.2) is 35.5 Å². The number of hydrogen-bond donors (Lipinski definition) is 4. The minimum Gasteiger partial charge on any atom is -0.617 e. The number of amides is 2. The van der Waals surface area contributed by atoms with Gasteiger partial charge in [0.2, 0.25) is 5.88 Å². The van der Waals surface area contributed by atoms with Crippen LogP contribution in [0.3, 0.4) is 0 Å². The molecule has 3 aromatic rings. The van der Waals surface area contributed by atoms with Gasteiger partial charge < -0.3 is 35.6 Å². The fourth-order valence-electron chi connectivity index (χ4n) is 3.64. The number of hydrogen-bond acceptors (Lipinski definition) is 7. The lowest BCUT2D eigenvalue weighted by Crippen LogP contribution is -2.35. The van der Waals surface area contributed by atoms with Crippen LogP contribution in [0.15, 0.2) is 57.9 Å². The lowest BCUT2D eigenvalue weighted by atomic mass is 10.1. The molecule has 0 spiro atoms. The van der Waals surface area contributed by atoms with Gasteiger partial charge in [0.25, 0.3) is 0 Å². The second-order valence-electron chi connectivity index (χ2n) is 8.34. The van der Waals surface area contributed by atoms with E-state index in [1.165, 1.54) is 6.34 Å². The van der Waals surface area contributed by atoms with E-state index in [0.717, 1.165) is 0 Å². The van der Waals surface area contributed by atoms with Crippen molar-refractivity contribution in [3.8, 4) is 0 Å². The standard InChI is InChI=1S/C24H24F4N6O3S/c1-38(36)10-2-9-30-20-12-17-21(29)34(13-31-22(17)37-20)16-6-4-15(5-7-16)32-23(35)33-19-11-14(24(26,27)28)3-8-18(19)25/h3-8,11-13,21,30H,2,9-10,29H2,1H3,(H2,32,33,35). The van der Waals surface area contributed by atoms with E-state index >= 15 is 0 Å². The summed E-state index contributed by atoms with van der Waals surface area (Å²) in [6.45, 7) is 0.580. The molecule has 4 rings (SSSR count). The van der Waals surface area contributed by atoms with Gasteiger partial charge in [-0.05, 0) is 42.5 Å². The maximum absolute atomic E-state index is 13.9. The maximum Gasteiger partial charge on any atom is 0.416 e. The largest absolute Gasteiger partial charge is 0.617 e. The van der Waals surface area contributed by atoms with Crippen molar-refractivity contribution in [2.45, 2.75) is 18.8 Å². The molecule has 14 heteroatoms. The molecule has 0 fully saturated rings. The highest BCUT2D eigenvalue weighted by Crippen LogP contribution is 2.37. The van der Waals surface area contributed by atoms with Gasteiger partial charge in [0.1, 0.15) is 24.1 Å². The Morgan fingerprint density at radius 1 is 1.18 bits per heavy atom. The van der Waals surface area contributed by atoms with Gasteiger partial charge in [-0.3, -0.25) is 0 Å². The molecular formula is C24H24F4N6O3S. The van der Waals surface area contributed by atoms with E-state index in [4.69, 9.17) is 10.2 Å². The van der Waals surface area contributed by atoms with Crippen LogP contribution >= 0.6 is 0 Å². The number of halogens is 4. The first kappa shape index (κ1) is 27.3. The highest BCUT2D eigenvalue weighted by atomic mass is 32.2. The van der Waals surface area contributed by atoms with Crippen molar-refractivity contribution in [3.63, 3.8) is 0 Å². The Bertz CT molecular complexity index is 1310. The first-order chi connectivity index (χ1) is 18.0. The Labute approximate surface area is 218 Å². The zero-order chi connectivity index (χ0) is 27.4. The lowest BCUT2D eigenvalue weighted by molar-refractivity contribution is -0.137. The summed E-state index contributed by atoms with van der Waals surface area (Å²) < 4.78 is 69.4. The van der Waals surface area contributed by atoms with Gasteiger partial charge >= 0.3 is 12.2 Å². The van der Waals surface area contributed by atoms with Crippen molar-refractivity contribution in [1.29, 1.82) is 0 Å². The van der Waals surface area contributed by atoms with Gasteiger partial charge in [-0.1, -0.05) is 11.2 Å². The van der Waals surface area contributed by atoms with E-state index in [9.17, 15) is 26.9 Å². The molecule has 5 N–H and O–H groups in total. The molecule has 0 aliphatic carbocycles. The number of nitrogens with zero attached hydrogens (tertiary/aromatic N) is 2. The summed E-state index contributed by atoms with van der Waals surface area (Å²) in [5.74, 6) is 0.436. The highest BCUT2D eigenvalue weighted by Gasteiger charge is 2.31. The summed E-state index contributed by atoms with van der Waals surface area (Å²) in [6, 6.07) is 8.99. The van der Waals surface area contributed by atoms with E-state index in [0.29, 0.717) is 65.6 Å². The number of furan rings is 1. The summed E-state index contributed by atoms with van der Waals surface area (Å²) in [5.41, 5.74) is 6.32. The monoisotopic (exact) mass is 552 g/mol. The molecule has 0 saturated carbocycles. The molecule has 1 aromatic heterocycles. The van der Waals surface area contributed by atoms with Crippen molar-refractivity contribution in [3.05, 3.63) is 65.5 Å². The normalized spacial score (nSPS) is 15.7. The Hall–Kier alpha value is -3.75. The lowest BCUT2D eigenvalue weighted by Gasteiger charge is -2.28. The first-order valence-electron chi connectivity index (χ1n) is 11.3. The molecular weight excluding hydrogens is 528 g/mol. The van der Waals surface area contributed by atoms with E-state index < -0.39 is 46.6 Å². The van der Waals surface area contributed by atoms with Gasteiger partial charge in [-0.2, -0.15) is 13.2 Å². The fourth-order valence-corrected chi connectivity index (χ4v) is 4.20. The molecule has 2 aromatic carbocycles. The summed E-state index contributed by atoms with van der Waals surface area (Å²) in [4.78, 5) is 18.2. The van der Waals surface area contributed by atoms with Crippen molar-refractivity contribution in [2.75, 3.05) is 39.4 Å². The molecule has 9 nitrogen and oxygen atoms in total. The molecule has 0 radical (unpaired) electrons. The van der Waals surface area contributed by atoms with Gasteiger partial charge in [-0.25, -0.2) is 14.2 Å². The minimum absolute atomic E-state index is 0.310. The fraction of sp³-hybridized carbons (Fsp3) is 0.250. The summed E-state index contributed by atoms with van der Waals surface area (Å²) in [7, 11) is 0. The van der Waals surface area contributed by atoms with Crippen LogP contribution in [0.2, 0.25) is 0 Å². The Kier molecular flexibility index (Phi) is 8.14. The number of carbonyl (C=O) groups excluding carboxylic acids is 1. The molecule has 0 bridgehead atoms. The maximum atomic E-state index is 13.9. The molecule has 2 unspecified atom stereocenters.